The lowest BCUT2D eigenvalue weighted by atomic mass is 10.0. The molecule has 0 spiro atoms. The van der Waals surface area contributed by atoms with Crippen molar-refractivity contribution in [2.24, 2.45) is 0 Å². The maximum absolute atomic E-state index is 5.56. The topological polar surface area (TPSA) is 46.6 Å². The summed E-state index contributed by atoms with van der Waals surface area (Å²) in [6.07, 6.45) is 3.62. The molecule has 1 aliphatic heterocycles. The second-order valence-electron chi connectivity index (χ2n) is 7.51. The summed E-state index contributed by atoms with van der Waals surface area (Å²) in [5.74, 6) is 1.43. The van der Waals surface area contributed by atoms with Gasteiger partial charge in [-0.1, -0.05) is 25.1 Å². The Hall–Kier alpha value is -2.53. The molecule has 2 aromatic carbocycles. The van der Waals surface area contributed by atoms with Gasteiger partial charge >= 0.3 is 0 Å². The minimum Gasteiger partial charge on any atom is -0.493 e. The van der Waals surface area contributed by atoms with E-state index in [2.05, 4.69) is 35.3 Å². The lowest BCUT2D eigenvalue weighted by Crippen LogP contribution is -2.42. The predicted molar refractivity (Wildman–Crippen MR) is 116 cm³/mol. The Kier molecular flexibility index (Phi) is 5.53. The molecule has 1 atom stereocenters. The van der Waals surface area contributed by atoms with Crippen LogP contribution >= 0.6 is 0 Å². The SMILES string of the molecule is CCCN1CCC[C@@H](Nc2c3ccccc3nc3cc(OC)c(OC)cc23)C1. The van der Waals surface area contributed by atoms with Crippen molar-refractivity contribution in [3.8, 4) is 11.5 Å². The van der Waals surface area contributed by atoms with E-state index in [1.807, 2.05) is 18.2 Å². The summed E-state index contributed by atoms with van der Waals surface area (Å²) in [5, 5.41) is 6.09. The van der Waals surface area contributed by atoms with Crippen LogP contribution in [0.15, 0.2) is 36.4 Å². The van der Waals surface area contributed by atoms with Crippen molar-refractivity contribution in [2.75, 3.05) is 39.2 Å². The molecule has 1 aromatic heterocycles. The predicted octanol–water partition coefficient (Wildman–Crippen LogP) is 4.69. The Morgan fingerprint density at radius 1 is 1.07 bits per heavy atom. The van der Waals surface area contributed by atoms with Gasteiger partial charge in [-0.15, -0.1) is 0 Å². The summed E-state index contributed by atoms with van der Waals surface area (Å²) in [6.45, 7) is 5.70. The van der Waals surface area contributed by atoms with Crippen LogP contribution in [0.1, 0.15) is 26.2 Å². The lowest BCUT2D eigenvalue weighted by molar-refractivity contribution is 0.217. The van der Waals surface area contributed by atoms with Crippen molar-refractivity contribution < 1.29 is 9.47 Å². The summed E-state index contributed by atoms with van der Waals surface area (Å²) in [7, 11) is 3.34. The Bertz CT molecular complexity index is 971. The molecule has 4 rings (SSSR count). The molecule has 28 heavy (non-hydrogen) atoms. The van der Waals surface area contributed by atoms with E-state index in [4.69, 9.17) is 14.5 Å². The highest BCUT2D eigenvalue weighted by Gasteiger charge is 2.21. The van der Waals surface area contributed by atoms with E-state index in [9.17, 15) is 0 Å². The van der Waals surface area contributed by atoms with E-state index in [0.29, 0.717) is 11.8 Å². The van der Waals surface area contributed by atoms with Gasteiger partial charge in [-0.05, 0) is 44.5 Å². The van der Waals surface area contributed by atoms with Gasteiger partial charge in [0.25, 0.3) is 0 Å². The maximum atomic E-state index is 5.56. The largest absolute Gasteiger partial charge is 0.493 e. The maximum Gasteiger partial charge on any atom is 0.162 e. The number of anilines is 1. The minimum atomic E-state index is 0.433. The van der Waals surface area contributed by atoms with Crippen molar-refractivity contribution in [1.82, 2.24) is 9.88 Å². The molecule has 0 saturated carbocycles. The second-order valence-corrected chi connectivity index (χ2v) is 7.51. The van der Waals surface area contributed by atoms with Gasteiger partial charge in [0.05, 0.1) is 30.9 Å². The molecule has 0 aliphatic carbocycles. The van der Waals surface area contributed by atoms with Gasteiger partial charge in [0, 0.05) is 29.4 Å². The van der Waals surface area contributed by atoms with Crippen LogP contribution in [0, 0.1) is 0 Å². The number of nitrogens with zero attached hydrogens (tertiary/aromatic N) is 2. The number of para-hydroxylation sites is 1. The number of methoxy groups -OCH3 is 2. The standard InChI is InChI=1S/C23H29N3O2/c1-4-11-26-12-7-8-16(15-26)24-23-17-9-5-6-10-19(17)25-20-14-22(28-3)21(27-2)13-18(20)23/h5-6,9-10,13-14,16H,4,7-8,11-12,15H2,1-3H3,(H,24,25)/t16-/m1/s1. The first-order valence-electron chi connectivity index (χ1n) is 10.2. The molecule has 0 amide bonds. The molecule has 1 N–H and O–H groups in total. The van der Waals surface area contributed by atoms with E-state index in [1.54, 1.807) is 14.2 Å². The summed E-state index contributed by atoms with van der Waals surface area (Å²) in [6, 6.07) is 12.8. The van der Waals surface area contributed by atoms with E-state index >= 15 is 0 Å². The average molecular weight is 380 g/mol. The Labute approximate surface area is 166 Å². The van der Waals surface area contributed by atoms with Gasteiger partial charge in [0.15, 0.2) is 11.5 Å². The molecule has 5 nitrogen and oxygen atoms in total. The van der Waals surface area contributed by atoms with E-state index in [-0.39, 0.29) is 0 Å². The van der Waals surface area contributed by atoms with Gasteiger partial charge in [0.1, 0.15) is 0 Å². The molecule has 5 heteroatoms. The molecule has 1 aliphatic rings. The summed E-state index contributed by atoms with van der Waals surface area (Å²) < 4.78 is 11.1. The van der Waals surface area contributed by atoms with Gasteiger partial charge in [-0.2, -0.15) is 0 Å². The molecule has 1 fully saturated rings. The van der Waals surface area contributed by atoms with Gasteiger partial charge in [-0.25, -0.2) is 4.98 Å². The van der Waals surface area contributed by atoms with Crippen LogP contribution < -0.4 is 14.8 Å². The Morgan fingerprint density at radius 3 is 2.64 bits per heavy atom. The molecule has 1 saturated heterocycles. The van der Waals surface area contributed by atoms with E-state index < -0.39 is 0 Å². The first-order valence-corrected chi connectivity index (χ1v) is 10.2. The fourth-order valence-corrected chi connectivity index (χ4v) is 4.27. The fourth-order valence-electron chi connectivity index (χ4n) is 4.27. The van der Waals surface area contributed by atoms with E-state index in [0.717, 1.165) is 39.8 Å². The highest BCUT2D eigenvalue weighted by atomic mass is 16.5. The molecule has 0 unspecified atom stereocenters. The van der Waals surface area contributed by atoms with Crippen molar-refractivity contribution in [3.05, 3.63) is 36.4 Å². The molecule has 0 bridgehead atoms. The van der Waals surface area contributed by atoms with Gasteiger partial charge in [0.2, 0.25) is 0 Å². The summed E-state index contributed by atoms with van der Waals surface area (Å²) in [5.41, 5.74) is 3.05. The smallest absolute Gasteiger partial charge is 0.162 e. The highest BCUT2D eigenvalue weighted by Crippen LogP contribution is 2.38. The van der Waals surface area contributed by atoms with Crippen LogP contribution in [0.4, 0.5) is 5.69 Å². The normalized spacial score (nSPS) is 17.8. The van der Waals surface area contributed by atoms with Gasteiger partial charge in [-0.3, -0.25) is 0 Å². The van der Waals surface area contributed by atoms with Crippen molar-refractivity contribution in [1.29, 1.82) is 0 Å². The number of rotatable bonds is 6. The number of fused-ring (bicyclic) bond motifs is 2. The molecule has 148 valence electrons. The number of hydrogen-bond donors (Lipinski definition) is 1. The van der Waals surface area contributed by atoms with Crippen LogP contribution in [-0.4, -0.2) is 49.8 Å². The monoisotopic (exact) mass is 379 g/mol. The second kappa shape index (κ2) is 8.23. The zero-order valence-corrected chi connectivity index (χ0v) is 17.0. The molecule has 3 aromatic rings. The number of aromatic nitrogens is 1. The number of likely N-dealkylation sites (tertiary alicyclic amines) is 1. The van der Waals surface area contributed by atoms with E-state index in [1.165, 1.54) is 32.4 Å². The number of nitrogens with one attached hydrogen (secondary N) is 1. The molecule has 0 radical (unpaired) electrons. The summed E-state index contributed by atoms with van der Waals surface area (Å²) >= 11 is 0. The lowest BCUT2D eigenvalue weighted by Gasteiger charge is -2.34. The molecular formula is C23H29N3O2. The van der Waals surface area contributed by atoms with Crippen LogP contribution in [0.2, 0.25) is 0 Å². The third-order valence-electron chi connectivity index (χ3n) is 5.58. The fraction of sp³-hybridized carbons (Fsp3) is 0.435. The van der Waals surface area contributed by atoms with Crippen molar-refractivity contribution >= 4 is 27.5 Å². The van der Waals surface area contributed by atoms with Crippen LogP contribution in [0.25, 0.3) is 21.8 Å². The zero-order chi connectivity index (χ0) is 19.5. The molecule has 2 heterocycles. The zero-order valence-electron chi connectivity index (χ0n) is 17.0. The van der Waals surface area contributed by atoms with Crippen LogP contribution in [-0.2, 0) is 0 Å². The number of benzene rings is 2. The van der Waals surface area contributed by atoms with Crippen molar-refractivity contribution in [3.63, 3.8) is 0 Å². The average Bonchev–Trinajstić information content (AvgIpc) is 2.73. The third kappa shape index (κ3) is 3.59. The number of ether oxygens (including phenoxy) is 2. The minimum absolute atomic E-state index is 0.433. The molecular weight excluding hydrogens is 350 g/mol. The number of pyridine rings is 1. The first kappa shape index (κ1) is 18.8. The van der Waals surface area contributed by atoms with Crippen LogP contribution in [0.5, 0.6) is 11.5 Å². The first-order chi connectivity index (χ1) is 13.7. The highest BCUT2D eigenvalue weighted by molar-refractivity contribution is 6.08. The Morgan fingerprint density at radius 2 is 1.86 bits per heavy atom. The Balaban J connectivity index is 1.81. The van der Waals surface area contributed by atoms with Gasteiger partial charge < -0.3 is 19.7 Å². The van der Waals surface area contributed by atoms with Crippen molar-refractivity contribution in [2.45, 2.75) is 32.2 Å². The summed E-state index contributed by atoms with van der Waals surface area (Å²) in [4.78, 5) is 7.44. The number of piperidine rings is 1. The third-order valence-corrected chi connectivity index (χ3v) is 5.58. The van der Waals surface area contributed by atoms with Crippen LogP contribution in [0.3, 0.4) is 0 Å². The quantitative estimate of drug-likeness (QED) is 0.630. The number of hydrogen-bond acceptors (Lipinski definition) is 5.